The summed E-state index contributed by atoms with van der Waals surface area (Å²) in [6.45, 7) is 2.18. The van der Waals surface area contributed by atoms with Crippen molar-refractivity contribution in [3.05, 3.63) is 29.8 Å². The highest BCUT2D eigenvalue weighted by Gasteiger charge is 2.30. The molecule has 0 spiro atoms. The van der Waals surface area contributed by atoms with E-state index in [9.17, 15) is 9.59 Å². The van der Waals surface area contributed by atoms with Crippen LogP contribution in [0, 0.1) is 17.2 Å². The third kappa shape index (κ3) is 4.11. The molecule has 0 atom stereocenters. The van der Waals surface area contributed by atoms with Crippen molar-refractivity contribution in [3.63, 3.8) is 0 Å². The Morgan fingerprint density at radius 2 is 1.72 bits per heavy atom. The zero-order valence-electron chi connectivity index (χ0n) is 14.3. The minimum atomic E-state index is -0.110. The number of hydrogen-bond acceptors (Lipinski definition) is 4. The number of para-hydroxylation sites is 1. The molecule has 0 N–H and O–H groups in total. The topological polar surface area (TPSA) is 73.6 Å². The molecular weight excluding hydrogens is 318 g/mol. The lowest BCUT2D eigenvalue weighted by molar-refractivity contribution is -0.142. The van der Waals surface area contributed by atoms with Gasteiger partial charge in [0.05, 0.1) is 5.56 Å². The lowest BCUT2D eigenvalue weighted by Crippen LogP contribution is -2.52. The second-order valence-electron chi connectivity index (χ2n) is 6.58. The first-order chi connectivity index (χ1) is 12.2. The smallest absolute Gasteiger partial charge is 0.260 e. The number of ether oxygens (including phenoxy) is 1. The Kier molecular flexibility index (Phi) is 5.54. The van der Waals surface area contributed by atoms with Crippen LogP contribution >= 0.6 is 0 Å². The molecule has 1 aliphatic heterocycles. The van der Waals surface area contributed by atoms with E-state index in [1.54, 1.807) is 29.2 Å². The zero-order valence-corrected chi connectivity index (χ0v) is 14.3. The van der Waals surface area contributed by atoms with Crippen LogP contribution in [0.25, 0.3) is 0 Å². The Hall–Kier alpha value is -2.55. The van der Waals surface area contributed by atoms with Crippen molar-refractivity contribution in [1.29, 1.82) is 5.26 Å². The predicted molar refractivity (Wildman–Crippen MR) is 91.8 cm³/mol. The van der Waals surface area contributed by atoms with Gasteiger partial charge in [-0.1, -0.05) is 25.0 Å². The maximum atomic E-state index is 12.4. The van der Waals surface area contributed by atoms with E-state index in [4.69, 9.17) is 10.00 Å². The van der Waals surface area contributed by atoms with Crippen LogP contribution < -0.4 is 4.74 Å². The molecule has 0 radical (unpaired) electrons. The van der Waals surface area contributed by atoms with Crippen LogP contribution in [0.5, 0.6) is 5.75 Å². The normalized spacial score (nSPS) is 18.0. The lowest BCUT2D eigenvalue weighted by atomic mass is 10.1. The van der Waals surface area contributed by atoms with Crippen LogP contribution in [0.4, 0.5) is 0 Å². The Labute approximate surface area is 148 Å². The number of nitrogens with zero attached hydrogens (tertiary/aromatic N) is 3. The minimum Gasteiger partial charge on any atom is -0.482 e. The molecule has 6 heteroatoms. The summed E-state index contributed by atoms with van der Waals surface area (Å²) < 4.78 is 5.50. The molecule has 1 saturated carbocycles. The molecule has 6 nitrogen and oxygen atoms in total. The van der Waals surface area contributed by atoms with Gasteiger partial charge < -0.3 is 14.5 Å². The van der Waals surface area contributed by atoms with Crippen LogP contribution in [-0.2, 0) is 9.59 Å². The first kappa shape index (κ1) is 17.3. The number of nitriles is 1. The van der Waals surface area contributed by atoms with Gasteiger partial charge in [-0.2, -0.15) is 5.26 Å². The maximum absolute atomic E-state index is 12.4. The highest BCUT2D eigenvalue weighted by Crippen LogP contribution is 2.27. The van der Waals surface area contributed by atoms with Crippen molar-refractivity contribution in [3.8, 4) is 11.8 Å². The summed E-state index contributed by atoms with van der Waals surface area (Å²) in [4.78, 5) is 28.4. The molecule has 2 fully saturated rings. The Bertz CT molecular complexity index is 669. The minimum absolute atomic E-state index is 0.0880. The SMILES string of the molecule is N#Cc1ccccc1OCC(=O)N1CCN(C(=O)C2CCCC2)CC1. The van der Waals surface area contributed by atoms with E-state index >= 15 is 0 Å². The fourth-order valence-electron chi connectivity index (χ4n) is 3.52. The van der Waals surface area contributed by atoms with E-state index in [2.05, 4.69) is 0 Å². The zero-order chi connectivity index (χ0) is 17.6. The number of rotatable bonds is 4. The largest absolute Gasteiger partial charge is 0.482 e. The summed E-state index contributed by atoms with van der Waals surface area (Å²) in [6.07, 6.45) is 4.31. The standard InChI is InChI=1S/C19H23N3O3/c20-13-16-7-3-4-8-17(16)25-14-18(23)21-9-11-22(12-10-21)19(24)15-5-1-2-6-15/h3-4,7-8,15H,1-2,5-6,9-12,14H2. The molecule has 1 saturated heterocycles. The van der Waals surface area contributed by atoms with Crippen LogP contribution in [0.2, 0.25) is 0 Å². The summed E-state index contributed by atoms with van der Waals surface area (Å²) in [5.74, 6) is 0.756. The first-order valence-electron chi connectivity index (χ1n) is 8.87. The summed E-state index contributed by atoms with van der Waals surface area (Å²) in [5, 5.41) is 9.04. The Balaban J connectivity index is 1.47. The molecule has 1 aromatic carbocycles. The van der Waals surface area contributed by atoms with Gasteiger partial charge in [-0.05, 0) is 25.0 Å². The second-order valence-corrected chi connectivity index (χ2v) is 6.58. The van der Waals surface area contributed by atoms with Gasteiger partial charge in [-0.15, -0.1) is 0 Å². The van der Waals surface area contributed by atoms with E-state index in [0.717, 1.165) is 25.7 Å². The quantitative estimate of drug-likeness (QED) is 0.837. The van der Waals surface area contributed by atoms with Gasteiger partial charge in [-0.25, -0.2) is 0 Å². The van der Waals surface area contributed by atoms with Crippen molar-refractivity contribution in [1.82, 2.24) is 9.80 Å². The third-order valence-electron chi connectivity index (χ3n) is 5.01. The van der Waals surface area contributed by atoms with Crippen LogP contribution in [0.3, 0.4) is 0 Å². The fourth-order valence-corrected chi connectivity index (χ4v) is 3.52. The van der Waals surface area contributed by atoms with Crippen molar-refractivity contribution in [2.75, 3.05) is 32.8 Å². The molecule has 2 aliphatic rings. The average molecular weight is 341 g/mol. The molecule has 0 aromatic heterocycles. The van der Waals surface area contributed by atoms with Gasteiger partial charge in [0, 0.05) is 32.1 Å². The third-order valence-corrected chi connectivity index (χ3v) is 5.01. The Morgan fingerprint density at radius 1 is 1.08 bits per heavy atom. The number of amides is 2. The van der Waals surface area contributed by atoms with Crippen LogP contribution in [-0.4, -0.2) is 54.4 Å². The fraction of sp³-hybridized carbons (Fsp3) is 0.526. The molecule has 2 amide bonds. The molecule has 3 rings (SSSR count). The molecule has 1 aliphatic carbocycles. The van der Waals surface area contributed by atoms with Crippen molar-refractivity contribution in [2.45, 2.75) is 25.7 Å². The lowest BCUT2D eigenvalue weighted by Gasteiger charge is -2.36. The summed E-state index contributed by atoms with van der Waals surface area (Å²) in [5.41, 5.74) is 0.419. The average Bonchev–Trinajstić information content (AvgIpc) is 3.20. The van der Waals surface area contributed by atoms with E-state index in [1.807, 2.05) is 11.0 Å². The van der Waals surface area contributed by atoms with E-state index in [0.29, 0.717) is 37.5 Å². The highest BCUT2D eigenvalue weighted by atomic mass is 16.5. The number of hydrogen-bond donors (Lipinski definition) is 0. The number of benzene rings is 1. The van der Waals surface area contributed by atoms with Crippen LogP contribution in [0.15, 0.2) is 24.3 Å². The molecule has 0 unspecified atom stereocenters. The van der Waals surface area contributed by atoms with Crippen molar-refractivity contribution in [2.24, 2.45) is 5.92 Å². The first-order valence-corrected chi connectivity index (χ1v) is 8.87. The van der Waals surface area contributed by atoms with E-state index in [-0.39, 0.29) is 24.3 Å². The molecule has 25 heavy (non-hydrogen) atoms. The monoisotopic (exact) mass is 341 g/mol. The number of piperazine rings is 1. The van der Waals surface area contributed by atoms with Gasteiger partial charge in [0.2, 0.25) is 5.91 Å². The van der Waals surface area contributed by atoms with Gasteiger partial charge in [0.25, 0.3) is 5.91 Å². The van der Waals surface area contributed by atoms with Gasteiger partial charge in [0.15, 0.2) is 6.61 Å². The van der Waals surface area contributed by atoms with Crippen molar-refractivity contribution < 1.29 is 14.3 Å². The molecule has 1 aromatic rings. The predicted octanol–water partition coefficient (Wildman–Crippen LogP) is 1.80. The Morgan fingerprint density at radius 3 is 2.40 bits per heavy atom. The van der Waals surface area contributed by atoms with E-state index in [1.165, 1.54) is 0 Å². The van der Waals surface area contributed by atoms with Gasteiger partial charge in [0.1, 0.15) is 11.8 Å². The highest BCUT2D eigenvalue weighted by molar-refractivity contribution is 5.80. The summed E-state index contributed by atoms with van der Waals surface area (Å²) in [7, 11) is 0. The molecular formula is C19H23N3O3. The van der Waals surface area contributed by atoms with E-state index < -0.39 is 0 Å². The number of carbonyl (C=O) groups excluding carboxylic acids is 2. The second kappa shape index (κ2) is 8.02. The molecule has 1 heterocycles. The van der Waals surface area contributed by atoms with Crippen molar-refractivity contribution >= 4 is 11.8 Å². The summed E-state index contributed by atoms with van der Waals surface area (Å²) >= 11 is 0. The van der Waals surface area contributed by atoms with Gasteiger partial charge >= 0.3 is 0 Å². The number of carbonyl (C=O) groups is 2. The maximum Gasteiger partial charge on any atom is 0.260 e. The van der Waals surface area contributed by atoms with Gasteiger partial charge in [-0.3, -0.25) is 9.59 Å². The summed E-state index contributed by atoms with van der Waals surface area (Å²) in [6, 6.07) is 8.92. The molecule has 0 bridgehead atoms. The molecule has 132 valence electrons. The van der Waals surface area contributed by atoms with Crippen LogP contribution in [0.1, 0.15) is 31.2 Å².